The van der Waals surface area contributed by atoms with E-state index < -0.39 is 0 Å². The third kappa shape index (κ3) is 1.96. The Labute approximate surface area is 128 Å². The van der Waals surface area contributed by atoms with Crippen molar-refractivity contribution in [2.75, 3.05) is 20.5 Å². The van der Waals surface area contributed by atoms with Crippen LogP contribution >= 0.6 is 0 Å². The molecule has 1 aliphatic carbocycles. The summed E-state index contributed by atoms with van der Waals surface area (Å²) in [6, 6.07) is 10.0. The predicted octanol–water partition coefficient (Wildman–Crippen LogP) is 3.02. The lowest BCUT2D eigenvalue weighted by molar-refractivity contribution is 0.174. The second kappa shape index (κ2) is 5.07. The third-order valence-electron chi connectivity index (χ3n) is 4.20. The van der Waals surface area contributed by atoms with Gasteiger partial charge in [0.05, 0.1) is 13.7 Å². The van der Waals surface area contributed by atoms with Crippen molar-refractivity contribution in [2.45, 2.75) is 6.42 Å². The van der Waals surface area contributed by atoms with Crippen LogP contribution < -0.4 is 14.2 Å². The number of rotatable bonds is 2. The topological polar surface area (TPSA) is 47.9 Å². The smallest absolute Gasteiger partial charge is 0.231 e. The molecule has 0 fully saturated rings. The van der Waals surface area contributed by atoms with E-state index in [1.807, 2.05) is 24.3 Å². The van der Waals surface area contributed by atoms with Crippen LogP contribution in [0.2, 0.25) is 0 Å². The zero-order chi connectivity index (χ0) is 15.1. The van der Waals surface area contributed by atoms with Crippen LogP contribution in [0, 0.1) is 0 Å². The molecule has 0 spiro atoms. The molecule has 0 atom stereocenters. The first-order chi connectivity index (χ1) is 10.8. The molecule has 2 aliphatic rings. The zero-order valence-electron chi connectivity index (χ0n) is 12.3. The van der Waals surface area contributed by atoms with Crippen LogP contribution in [-0.2, 0) is 6.42 Å². The predicted molar refractivity (Wildman–Crippen MR) is 83.3 cm³/mol. The molecule has 0 saturated carbocycles. The van der Waals surface area contributed by atoms with E-state index in [0.29, 0.717) is 0 Å². The molecule has 4 nitrogen and oxygen atoms in total. The lowest BCUT2D eigenvalue weighted by Gasteiger charge is -2.13. The van der Waals surface area contributed by atoms with E-state index in [-0.39, 0.29) is 13.4 Å². The zero-order valence-corrected chi connectivity index (χ0v) is 12.3. The fourth-order valence-electron chi connectivity index (χ4n) is 3.05. The Balaban J connectivity index is 1.97. The molecular formula is C18H16O4. The summed E-state index contributed by atoms with van der Waals surface area (Å²) in [6.45, 7) is 0.240. The Kier molecular flexibility index (Phi) is 3.05. The highest BCUT2D eigenvalue weighted by atomic mass is 16.7. The van der Waals surface area contributed by atoms with Crippen LogP contribution in [-0.4, -0.2) is 25.6 Å². The number of fused-ring (bicyclic) bond motifs is 4. The number of aliphatic hydroxyl groups excluding tert-OH is 1. The van der Waals surface area contributed by atoms with E-state index in [9.17, 15) is 5.11 Å². The summed E-state index contributed by atoms with van der Waals surface area (Å²) in [5.41, 5.74) is 5.26. The Hall–Kier alpha value is -2.46. The van der Waals surface area contributed by atoms with Gasteiger partial charge in [0, 0.05) is 0 Å². The van der Waals surface area contributed by atoms with Gasteiger partial charge in [-0.3, -0.25) is 0 Å². The van der Waals surface area contributed by atoms with Crippen molar-refractivity contribution in [2.24, 2.45) is 0 Å². The van der Waals surface area contributed by atoms with Gasteiger partial charge in [-0.1, -0.05) is 12.1 Å². The quantitative estimate of drug-likeness (QED) is 0.925. The number of benzene rings is 2. The van der Waals surface area contributed by atoms with Gasteiger partial charge in [-0.05, 0) is 58.5 Å². The molecule has 4 heteroatoms. The number of allylic oxidation sites excluding steroid dienone is 1. The van der Waals surface area contributed by atoms with Gasteiger partial charge in [-0.25, -0.2) is 0 Å². The first-order valence-corrected chi connectivity index (χ1v) is 7.21. The molecule has 1 aliphatic heterocycles. The first-order valence-electron chi connectivity index (χ1n) is 7.21. The van der Waals surface area contributed by atoms with Crippen molar-refractivity contribution >= 4 is 5.57 Å². The number of aliphatic hydroxyl groups is 1. The minimum absolute atomic E-state index is 0.00221. The van der Waals surface area contributed by atoms with Gasteiger partial charge < -0.3 is 19.3 Å². The number of hydrogen-bond acceptors (Lipinski definition) is 4. The molecule has 0 amide bonds. The monoisotopic (exact) mass is 296 g/mol. The lowest BCUT2D eigenvalue weighted by atomic mass is 9.93. The maximum Gasteiger partial charge on any atom is 0.231 e. The molecule has 1 heterocycles. The van der Waals surface area contributed by atoms with Gasteiger partial charge in [0.2, 0.25) is 6.79 Å². The van der Waals surface area contributed by atoms with Crippen LogP contribution in [0.1, 0.15) is 11.1 Å². The van der Waals surface area contributed by atoms with Crippen molar-refractivity contribution in [1.29, 1.82) is 0 Å². The van der Waals surface area contributed by atoms with Crippen LogP contribution in [0.25, 0.3) is 16.7 Å². The average Bonchev–Trinajstić information content (AvgIpc) is 2.95. The molecule has 4 rings (SSSR count). The summed E-state index contributed by atoms with van der Waals surface area (Å²) in [7, 11) is 1.67. The van der Waals surface area contributed by atoms with Crippen molar-refractivity contribution in [3.63, 3.8) is 0 Å². The van der Waals surface area contributed by atoms with Gasteiger partial charge in [0.25, 0.3) is 0 Å². The lowest BCUT2D eigenvalue weighted by Crippen LogP contribution is -1.94. The van der Waals surface area contributed by atoms with E-state index in [1.165, 1.54) is 5.56 Å². The summed E-state index contributed by atoms with van der Waals surface area (Å²) in [6.07, 6.45) is 2.82. The maximum atomic E-state index is 9.73. The highest BCUT2D eigenvalue weighted by Gasteiger charge is 2.22. The van der Waals surface area contributed by atoms with Crippen molar-refractivity contribution in [3.8, 4) is 28.4 Å². The molecule has 22 heavy (non-hydrogen) atoms. The van der Waals surface area contributed by atoms with E-state index in [2.05, 4.69) is 12.1 Å². The van der Waals surface area contributed by atoms with E-state index >= 15 is 0 Å². The molecule has 0 saturated heterocycles. The van der Waals surface area contributed by atoms with Gasteiger partial charge in [0.15, 0.2) is 11.5 Å². The highest BCUT2D eigenvalue weighted by molar-refractivity contribution is 5.87. The van der Waals surface area contributed by atoms with Crippen molar-refractivity contribution < 1.29 is 19.3 Å². The third-order valence-corrected chi connectivity index (χ3v) is 4.20. The van der Waals surface area contributed by atoms with Gasteiger partial charge in [0.1, 0.15) is 5.75 Å². The average molecular weight is 296 g/mol. The molecular weight excluding hydrogens is 280 g/mol. The normalized spacial score (nSPS) is 14.7. The van der Waals surface area contributed by atoms with Gasteiger partial charge in [-0.15, -0.1) is 0 Å². The van der Waals surface area contributed by atoms with Gasteiger partial charge >= 0.3 is 0 Å². The summed E-state index contributed by atoms with van der Waals surface area (Å²) < 4.78 is 16.3. The van der Waals surface area contributed by atoms with Crippen LogP contribution in [0.3, 0.4) is 0 Å². The molecule has 2 aromatic rings. The number of hydrogen-bond donors (Lipinski definition) is 1. The van der Waals surface area contributed by atoms with Gasteiger partial charge in [-0.2, -0.15) is 0 Å². The summed E-state index contributed by atoms with van der Waals surface area (Å²) in [4.78, 5) is 0. The van der Waals surface area contributed by atoms with Crippen LogP contribution in [0.4, 0.5) is 0 Å². The maximum absolute atomic E-state index is 9.73. The number of methoxy groups -OCH3 is 1. The fourth-order valence-corrected chi connectivity index (χ4v) is 3.05. The fraction of sp³-hybridized carbons (Fsp3) is 0.222. The Morgan fingerprint density at radius 3 is 2.55 bits per heavy atom. The number of ether oxygens (including phenoxy) is 3. The highest BCUT2D eigenvalue weighted by Crippen LogP contribution is 2.44. The van der Waals surface area contributed by atoms with Crippen LogP contribution in [0.15, 0.2) is 36.4 Å². The second-order valence-electron chi connectivity index (χ2n) is 5.37. The molecule has 0 aromatic heterocycles. The Morgan fingerprint density at radius 2 is 1.82 bits per heavy atom. The molecule has 0 radical (unpaired) electrons. The summed E-state index contributed by atoms with van der Waals surface area (Å²) >= 11 is 0. The van der Waals surface area contributed by atoms with Crippen molar-refractivity contribution in [1.82, 2.24) is 0 Å². The SMILES string of the molecule is COc1ccc2c(c1)CC=C(CO)c1cc3c(cc1-2)OCO3. The standard InChI is InChI=1S/C18H16O4/c1-20-13-4-5-14-11(6-13)2-3-12(9-19)15-7-17-18(8-16(14)15)22-10-21-17/h3-8,19H,2,9-10H2,1H3. The summed E-state index contributed by atoms with van der Waals surface area (Å²) in [5.74, 6) is 2.32. The minimum atomic E-state index is -0.00221. The second-order valence-corrected chi connectivity index (χ2v) is 5.37. The Morgan fingerprint density at radius 1 is 1.05 bits per heavy atom. The summed E-state index contributed by atoms with van der Waals surface area (Å²) in [5, 5.41) is 9.73. The Bertz CT molecular complexity index is 777. The molecule has 1 N–H and O–H groups in total. The van der Waals surface area contributed by atoms with E-state index in [4.69, 9.17) is 14.2 Å². The molecule has 2 aromatic carbocycles. The molecule has 0 bridgehead atoms. The first kappa shape index (κ1) is 13.2. The molecule has 112 valence electrons. The van der Waals surface area contributed by atoms with E-state index in [1.54, 1.807) is 7.11 Å². The largest absolute Gasteiger partial charge is 0.497 e. The van der Waals surface area contributed by atoms with Crippen LogP contribution in [0.5, 0.6) is 17.2 Å². The van der Waals surface area contributed by atoms with Crippen molar-refractivity contribution in [3.05, 3.63) is 47.5 Å². The molecule has 0 unspecified atom stereocenters. The van der Waals surface area contributed by atoms with E-state index in [0.717, 1.165) is 45.9 Å². The minimum Gasteiger partial charge on any atom is -0.497 e.